The van der Waals surface area contributed by atoms with Crippen LogP contribution in [0.15, 0.2) is 11.4 Å². The first-order valence-corrected chi connectivity index (χ1v) is 8.19. The fourth-order valence-corrected chi connectivity index (χ4v) is 3.79. The summed E-state index contributed by atoms with van der Waals surface area (Å²) in [5.74, 6) is 0. The lowest BCUT2D eigenvalue weighted by molar-refractivity contribution is -0.0257. The Bertz CT molecular complexity index is 414. The molecule has 0 spiro atoms. The van der Waals surface area contributed by atoms with E-state index >= 15 is 0 Å². The van der Waals surface area contributed by atoms with Gasteiger partial charge in [-0.05, 0) is 62.0 Å². The monoisotopic (exact) mass is 281 g/mol. The molecule has 0 aliphatic heterocycles. The molecular formula is C16H27NOS. The van der Waals surface area contributed by atoms with Gasteiger partial charge in [0.25, 0.3) is 0 Å². The zero-order valence-corrected chi connectivity index (χ0v) is 13.4. The summed E-state index contributed by atoms with van der Waals surface area (Å²) in [4.78, 5) is 1.39. The van der Waals surface area contributed by atoms with Crippen molar-refractivity contribution in [3.8, 4) is 0 Å². The molecule has 19 heavy (non-hydrogen) atoms. The average molecular weight is 281 g/mol. The molecule has 1 aromatic rings. The largest absolute Gasteiger partial charge is 0.389 e. The van der Waals surface area contributed by atoms with Gasteiger partial charge in [0.2, 0.25) is 0 Å². The number of rotatable bonds is 4. The van der Waals surface area contributed by atoms with E-state index < -0.39 is 5.60 Å². The van der Waals surface area contributed by atoms with Gasteiger partial charge in [0.1, 0.15) is 0 Å². The van der Waals surface area contributed by atoms with Crippen molar-refractivity contribution in [2.75, 3.05) is 6.54 Å². The van der Waals surface area contributed by atoms with Gasteiger partial charge in [-0.25, -0.2) is 0 Å². The van der Waals surface area contributed by atoms with E-state index in [-0.39, 0.29) is 0 Å². The summed E-state index contributed by atoms with van der Waals surface area (Å²) < 4.78 is 0. The van der Waals surface area contributed by atoms with Crippen LogP contribution in [0.2, 0.25) is 0 Å². The van der Waals surface area contributed by atoms with E-state index in [9.17, 15) is 5.11 Å². The first-order chi connectivity index (χ1) is 8.81. The molecule has 0 bridgehead atoms. The molecule has 1 atom stereocenters. The van der Waals surface area contributed by atoms with Crippen LogP contribution in [0.1, 0.15) is 62.9 Å². The van der Waals surface area contributed by atoms with Crippen molar-refractivity contribution in [2.24, 2.45) is 5.41 Å². The van der Waals surface area contributed by atoms with Gasteiger partial charge in [0, 0.05) is 17.5 Å². The second-order valence-electron chi connectivity index (χ2n) is 6.96. The van der Waals surface area contributed by atoms with E-state index in [1.807, 2.05) is 0 Å². The van der Waals surface area contributed by atoms with Crippen molar-refractivity contribution >= 4 is 11.3 Å². The van der Waals surface area contributed by atoms with Crippen LogP contribution in [0.4, 0.5) is 0 Å². The maximum Gasteiger partial charge on any atom is 0.0772 e. The topological polar surface area (TPSA) is 32.3 Å². The van der Waals surface area contributed by atoms with Crippen LogP contribution in [-0.4, -0.2) is 17.3 Å². The first-order valence-electron chi connectivity index (χ1n) is 7.31. The summed E-state index contributed by atoms with van der Waals surface area (Å²) >= 11 is 1.80. The molecule has 108 valence electrons. The molecule has 2 rings (SSSR count). The summed E-state index contributed by atoms with van der Waals surface area (Å²) in [5, 5.41) is 16.3. The minimum atomic E-state index is -0.505. The lowest BCUT2D eigenvalue weighted by atomic mass is 9.71. The van der Waals surface area contributed by atoms with E-state index in [0.717, 1.165) is 25.7 Å². The van der Waals surface area contributed by atoms with Crippen LogP contribution in [-0.2, 0) is 0 Å². The molecule has 2 nitrogen and oxygen atoms in total. The fraction of sp³-hybridized carbons (Fsp3) is 0.750. The molecule has 1 aliphatic carbocycles. The molecule has 1 unspecified atom stereocenters. The van der Waals surface area contributed by atoms with Crippen molar-refractivity contribution < 1.29 is 5.11 Å². The Morgan fingerprint density at radius 3 is 2.47 bits per heavy atom. The minimum absolute atomic E-state index is 0.332. The number of hydrogen-bond donors (Lipinski definition) is 2. The molecule has 0 radical (unpaired) electrons. The van der Waals surface area contributed by atoms with E-state index in [0.29, 0.717) is 18.0 Å². The van der Waals surface area contributed by atoms with Gasteiger partial charge < -0.3 is 10.4 Å². The predicted molar refractivity (Wildman–Crippen MR) is 82.7 cm³/mol. The SMILES string of the molecule is Cc1ccsc1C(C)NCC1(O)CCC(C)(C)CC1. The number of aryl methyl sites for hydroxylation is 1. The van der Waals surface area contributed by atoms with Gasteiger partial charge in [-0.1, -0.05) is 13.8 Å². The van der Waals surface area contributed by atoms with E-state index in [4.69, 9.17) is 0 Å². The summed E-state index contributed by atoms with van der Waals surface area (Å²) in [7, 11) is 0. The molecule has 3 heteroatoms. The molecule has 1 saturated carbocycles. The number of aliphatic hydroxyl groups is 1. The van der Waals surface area contributed by atoms with Crippen molar-refractivity contribution in [3.05, 3.63) is 21.9 Å². The minimum Gasteiger partial charge on any atom is -0.389 e. The molecular weight excluding hydrogens is 254 g/mol. The smallest absolute Gasteiger partial charge is 0.0772 e. The van der Waals surface area contributed by atoms with Crippen LogP contribution >= 0.6 is 11.3 Å². The number of nitrogens with one attached hydrogen (secondary N) is 1. The molecule has 0 aromatic carbocycles. The van der Waals surface area contributed by atoms with E-state index in [1.165, 1.54) is 10.4 Å². The number of hydrogen-bond acceptors (Lipinski definition) is 3. The second-order valence-corrected chi connectivity index (χ2v) is 7.91. The Morgan fingerprint density at radius 2 is 1.95 bits per heavy atom. The first kappa shape index (κ1) is 15.0. The highest BCUT2D eigenvalue weighted by Crippen LogP contribution is 2.40. The lowest BCUT2D eigenvalue weighted by Gasteiger charge is -2.40. The summed E-state index contributed by atoms with van der Waals surface area (Å²) in [5.41, 5.74) is 1.25. The summed E-state index contributed by atoms with van der Waals surface area (Å²) in [6, 6.07) is 2.50. The molecule has 1 heterocycles. The summed E-state index contributed by atoms with van der Waals surface area (Å²) in [6.07, 6.45) is 4.08. The van der Waals surface area contributed by atoms with Crippen LogP contribution in [0.3, 0.4) is 0 Å². The highest BCUT2D eigenvalue weighted by Gasteiger charge is 2.36. The van der Waals surface area contributed by atoms with Crippen LogP contribution < -0.4 is 5.32 Å². The van der Waals surface area contributed by atoms with Gasteiger partial charge >= 0.3 is 0 Å². The number of thiophene rings is 1. The normalized spacial score (nSPS) is 23.2. The van der Waals surface area contributed by atoms with Gasteiger partial charge in [-0.15, -0.1) is 11.3 Å². The van der Waals surface area contributed by atoms with Crippen LogP contribution in [0.5, 0.6) is 0 Å². The second kappa shape index (κ2) is 5.55. The van der Waals surface area contributed by atoms with Gasteiger partial charge in [0.15, 0.2) is 0 Å². The molecule has 1 aliphatic rings. The van der Waals surface area contributed by atoms with Crippen molar-refractivity contribution in [3.63, 3.8) is 0 Å². The van der Waals surface area contributed by atoms with Crippen LogP contribution in [0.25, 0.3) is 0 Å². The maximum atomic E-state index is 10.7. The van der Waals surface area contributed by atoms with Gasteiger partial charge in [-0.2, -0.15) is 0 Å². The Morgan fingerprint density at radius 1 is 1.32 bits per heavy atom. The Kier molecular flexibility index (Phi) is 4.38. The van der Waals surface area contributed by atoms with Crippen molar-refractivity contribution in [1.82, 2.24) is 5.32 Å². The highest BCUT2D eigenvalue weighted by atomic mass is 32.1. The summed E-state index contributed by atoms with van der Waals surface area (Å²) in [6.45, 7) is 9.66. The third kappa shape index (κ3) is 3.80. The maximum absolute atomic E-state index is 10.7. The lowest BCUT2D eigenvalue weighted by Crippen LogP contribution is -2.45. The molecule has 2 N–H and O–H groups in total. The third-order valence-electron chi connectivity index (χ3n) is 4.57. The molecule has 0 saturated heterocycles. The van der Waals surface area contributed by atoms with Crippen LogP contribution in [0, 0.1) is 12.3 Å². The Hall–Kier alpha value is -0.380. The van der Waals surface area contributed by atoms with Crippen molar-refractivity contribution in [1.29, 1.82) is 0 Å². The quantitative estimate of drug-likeness (QED) is 0.873. The Balaban J connectivity index is 1.87. The molecule has 1 fully saturated rings. The highest BCUT2D eigenvalue weighted by molar-refractivity contribution is 7.10. The zero-order valence-electron chi connectivity index (χ0n) is 12.6. The predicted octanol–water partition coefficient (Wildman–Crippen LogP) is 4.04. The average Bonchev–Trinajstić information content (AvgIpc) is 2.77. The fourth-order valence-electron chi connectivity index (χ4n) is 2.83. The van der Waals surface area contributed by atoms with E-state index in [1.54, 1.807) is 11.3 Å². The molecule has 1 aromatic heterocycles. The molecule has 0 amide bonds. The zero-order chi connectivity index (χ0) is 14.1. The third-order valence-corrected chi connectivity index (χ3v) is 5.77. The van der Waals surface area contributed by atoms with Gasteiger partial charge in [0.05, 0.1) is 5.60 Å². The Labute approximate surface area is 121 Å². The van der Waals surface area contributed by atoms with Gasteiger partial charge in [-0.3, -0.25) is 0 Å². The van der Waals surface area contributed by atoms with Crippen molar-refractivity contribution in [2.45, 2.75) is 65.0 Å². The van der Waals surface area contributed by atoms with E-state index in [2.05, 4.69) is 44.5 Å². The standard InChI is InChI=1S/C16H27NOS/c1-12-5-10-19-14(12)13(2)17-11-16(18)8-6-15(3,4)7-9-16/h5,10,13,17-18H,6-9,11H2,1-4H3.